The van der Waals surface area contributed by atoms with Crippen LogP contribution in [-0.4, -0.2) is 24.0 Å². The summed E-state index contributed by atoms with van der Waals surface area (Å²) in [4.78, 5) is 0. The van der Waals surface area contributed by atoms with Crippen LogP contribution in [0.4, 0.5) is 0 Å². The monoisotopic (exact) mass is 119 g/mol. The van der Waals surface area contributed by atoms with Gasteiger partial charge in [0.2, 0.25) is 0 Å². The van der Waals surface area contributed by atoms with E-state index in [1.165, 1.54) is 6.08 Å². The quantitative estimate of drug-likeness (QED) is 0.339. The molecule has 0 aliphatic heterocycles. The van der Waals surface area contributed by atoms with Gasteiger partial charge in [-0.1, -0.05) is 6.08 Å². The molecule has 0 rings (SSSR count). The lowest BCUT2D eigenvalue weighted by atomic mass is 10.3. The summed E-state index contributed by atoms with van der Waals surface area (Å²) in [6, 6.07) is 0. The molecule has 0 aromatic rings. The number of hydrogen-bond donors (Lipinski definition) is 3. The van der Waals surface area contributed by atoms with Gasteiger partial charge in [-0.05, 0) is 0 Å². The summed E-state index contributed by atoms with van der Waals surface area (Å²) in [5.74, 6) is 0. The average molecular weight is 119 g/mol. The molecular formula is C3H10BNO3. The molecule has 0 bridgehead atoms. The van der Waals surface area contributed by atoms with Gasteiger partial charge >= 0.3 is 7.32 Å². The highest BCUT2D eigenvalue weighted by Gasteiger charge is 2.04. The van der Waals surface area contributed by atoms with Gasteiger partial charge < -0.3 is 20.9 Å². The van der Waals surface area contributed by atoms with Gasteiger partial charge in [-0.3, -0.25) is 0 Å². The highest BCUT2D eigenvalue weighted by atomic mass is 16.6. The van der Waals surface area contributed by atoms with Crippen molar-refractivity contribution in [2.24, 2.45) is 0 Å². The maximum atomic E-state index is 7.97. The minimum Gasteiger partial charge on any atom is -0.402 e. The molecule has 0 spiro atoms. The zero-order valence-corrected chi connectivity index (χ0v) is 4.58. The molecule has 0 aromatic heterocycles. The van der Waals surface area contributed by atoms with Crippen molar-refractivity contribution in [2.45, 2.75) is 0 Å². The van der Waals surface area contributed by atoms with Crippen molar-refractivity contribution in [1.82, 2.24) is 6.15 Å². The summed E-state index contributed by atoms with van der Waals surface area (Å²) in [5.41, 5.74) is 0. The van der Waals surface area contributed by atoms with E-state index in [4.69, 9.17) is 10.0 Å². The molecule has 0 atom stereocenters. The maximum absolute atomic E-state index is 7.97. The van der Waals surface area contributed by atoms with Crippen LogP contribution in [0, 0.1) is 0 Å². The van der Waals surface area contributed by atoms with Crippen molar-refractivity contribution >= 4 is 7.32 Å². The Kier molecular flexibility index (Phi) is 8.80. The second-order valence-corrected chi connectivity index (χ2v) is 0.948. The Bertz CT molecular complexity index is 58.5. The van der Waals surface area contributed by atoms with Crippen LogP contribution in [0.1, 0.15) is 0 Å². The number of hydrogen-bond acceptors (Lipinski definition) is 4. The Morgan fingerprint density at radius 3 is 2.25 bits per heavy atom. The molecule has 0 heterocycles. The first kappa shape index (κ1) is 10.6. The van der Waals surface area contributed by atoms with E-state index in [0.717, 1.165) is 0 Å². The lowest BCUT2D eigenvalue weighted by Gasteiger charge is -1.93. The Morgan fingerprint density at radius 1 is 1.62 bits per heavy atom. The van der Waals surface area contributed by atoms with Crippen LogP contribution in [0.2, 0.25) is 0 Å². The lowest BCUT2D eigenvalue weighted by Crippen LogP contribution is -2.16. The van der Waals surface area contributed by atoms with Gasteiger partial charge in [0.15, 0.2) is 0 Å². The van der Waals surface area contributed by atoms with E-state index in [9.17, 15) is 0 Å². The van der Waals surface area contributed by atoms with Crippen molar-refractivity contribution in [1.29, 1.82) is 0 Å². The van der Waals surface area contributed by atoms with Crippen LogP contribution in [0.25, 0.3) is 0 Å². The Labute approximate surface area is 48.5 Å². The van der Waals surface area contributed by atoms with E-state index < -0.39 is 7.32 Å². The molecule has 0 aliphatic carbocycles. The zero-order chi connectivity index (χ0) is 5.70. The third-order valence-corrected chi connectivity index (χ3v) is 0.363. The van der Waals surface area contributed by atoms with Crippen molar-refractivity contribution in [3.05, 3.63) is 12.7 Å². The van der Waals surface area contributed by atoms with Crippen LogP contribution < -0.4 is 6.15 Å². The fourth-order valence-electron chi connectivity index (χ4n) is 0.154. The molecule has 0 saturated heterocycles. The van der Waals surface area contributed by atoms with Gasteiger partial charge in [0, 0.05) is 0 Å². The molecule has 5 N–H and O–H groups in total. The van der Waals surface area contributed by atoms with Gasteiger partial charge in [-0.2, -0.15) is 0 Å². The topological polar surface area (TPSA) is 84.7 Å². The van der Waals surface area contributed by atoms with E-state index in [-0.39, 0.29) is 12.8 Å². The summed E-state index contributed by atoms with van der Waals surface area (Å²) < 4.78 is 4.18. The standard InChI is InChI=1S/C3H7BO3.H3N/c1-2-3-7-4(5)6;/h2,5-6H,1,3H2;1H3. The minimum absolute atomic E-state index is 0. The van der Waals surface area contributed by atoms with Crippen molar-refractivity contribution in [2.75, 3.05) is 6.61 Å². The molecule has 0 fully saturated rings. The molecule has 0 aliphatic rings. The second-order valence-electron chi connectivity index (χ2n) is 0.948. The molecule has 4 nitrogen and oxygen atoms in total. The van der Waals surface area contributed by atoms with Crippen LogP contribution in [0.15, 0.2) is 12.7 Å². The first-order valence-electron chi connectivity index (χ1n) is 1.86. The van der Waals surface area contributed by atoms with Crippen LogP contribution in [0.3, 0.4) is 0 Å². The van der Waals surface area contributed by atoms with Gasteiger partial charge in [-0.15, -0.1) is 6.58 Å². The minimum atomic E-state index is -1.67. The summed E-state index contributed by atoms with van der Waals surface area (Å²) in [5, 5.41) is 15.9. The van der Waals surface area contributed by atoms with E-state index in [2.05, 4.69) is 11.2 Å². The largest absolute Gasteiger partial charge is 0.634 e. The normalized spacial score (nSPS) is 7.25. The first-order chi connectivity index (χ1) is 3.27. The zero-order valence-electron chi connectivity index (χ0n) is 4.58. The van der Waals surface area contributed by atoms with Crippen molar-refractivity contribution in [3.63, 3.8) is 0 Å². The molecule has 0 radical (unpaired) electrons. The summed E-state index contributed by atoms with van der Waals surface area (Å²) in [6.45, 7) is 3.45. The Balaban J connectivity index is 0. The highest BCUT2D eigenvalue weighted by molar-refractivity contribution is 6.32. The van der Waals surface area contributed by atoms with Crippen molar-refractivity contribution in [3.8, 4) is 0 Å². The summed E-state index contributed by atoms with van der Waals surface area (Å²) >= 11 is 0. The van der Waals surface area contributed by atoms with Crippen LogP contribution in [0.5, 0.6) is 0 Å². The van der Waals surface area contributed by atoms with Gasteiger partial charge in [-0.25, -0.2) is 0 Å². The second kappa shape index (κ2) is 6.64. The van der Waals surface area contributed by atoms with Gasteiger partial charge in [0.05, 0.1) is 6.61 Å². The van der Waals surface area contributed by atoms with E-state index in [1.807, 2.05) is 0 Å². The molecular weight excluding hydrogens is 109 g/mol. The molecule has 0 aromatic carbocycles. The third-order valence-electron chi connectivity index (χ3n) is 0.363. The average Bonchev–Trinajstić information content (AvgIpc) is 1.61. The Morgan fingerprint density at radius 2 is 2.12 bits per heavy atom. The fourth-order valence-corrected chi connectivity index (χ4v) is 0.154. The Hall–Kier alpha value is -0.355. The SMILES string of the molecule is C=CCOB(O)O.N. The summed E-state index contributed by atoms with van der Waals surface area (Å²) in [6.07, 6.45) is 1.43. The molecule has 48 valence electrons. The maximum Gasteiger partial charge on any atom is 0.634 e. The van der Waals surface area contributed by atoms with Crippen molar-refractivity contribution < 1.29 is 14.7 Å². The predicted octanol–water partition coefficient (Wildman–Crippen LogP) is -0.680. The molecule has 0 unspecified atom stereocenters. The predicted molar refractivity (Wildman–Crippen MR) is 31.4 cm³/mol. The lowest BCUT2D eigenvalue weighted by molar-refractivity contribution is 0.207. The number of rotatable bonds is 3. The molecule has 8 heavy (non-hydrogen) atoms. The molecule has 0 amide bonds. The van der Waals surface area contributed by atoms with Gasteiger partial charge in [0.1, 0.15) is 0 Å². The van der Waals surface area contributed by atoms with E-state index >= 15 is 0 Å². The van der Waals surface area contributed by atoms with Gasteiger partial charge in [0.25, 0.3) is 0 Å². The molecule has 5 heteroatoms. The van der Waals surface area contributed by atoms with Crippen LogP contribution in [-0.2, 0) is 4.65 Å². The highest BCUT2D eigenvalue weighted by Crippen LogP contribution is 1.73. The smallest absolute Gasteiger partial charge is 0.402 e. The fraction of sp³-hybridized carbons (Fsp3) is 0.333. The van der Waals surface area contributed by atoms with E-state index in [1.54, 1.807) is 0 Å². The van der Waals surface area contributed by atoms with Crippen LogP contribution >= 0.6 is 0 Å². The molecule has 0 saturated carbocycles. The first-order valence-corrected chi connectivity index (χ1v) is 1.86. The van der Waals surface area contributed by atoms with E-state index in [0.29, 0.717) is 0 Å². The third kappa shape index (κ3) is 9.17. The summed E-state index contributed by atoms with van der Waals surface area (Å²) in [7, 11) is -1.67.